The number of aryl methyl sites for hydroxylation is 2. The number of rotatable bonds is 11. The predicted molar refractivity (Wildman–Crippen MR) is 130 cm³/mol. The molecule has 3 rings (SSSR count). The van der Waals surface area contributed by atoms with Crippen LogP contribution in [0.5, 0.6) is 5.75 Å². The van der Waals surface area contributed by atoms with E-state index >= 15 is 0 Å². The van der Waals surface area contributed by atoms with Crippen molar-refractivity contribution in [1.82, 2.24) is 25.4 Å². The summed E-state index contributed by atoms with van der Waals surface area (Å²) >= 11 is 0. The molecule has 0 spiro atoms. The minimum atomic E-state index is -0.244. The Labute approximate surface area is 201 Å². The maximum atomic E-state index is 12.1. The fourth-order valence-electron chi connectivity index (χ4n) is 4.08. The van der Waals surface area contributed by atoms with Crippen LogP contribution in [0.25, 0.3) is 11.3 Å². The van der Waals surface area contributed by atoms with Gasteiger partial charge in [0.05, 0.1) is 19.3 Å². The standard InChI is InChI=1S/C24H36N6O4/c1-5-33-15-34-21-10-16(2)9-17(3)23(21)20-11-25-24(29-28-20)27-19-7-6-8-30(12-19)13-22(32)26-18(4)14-31/h9-11,18-19,31H,5-8,12-15H2,1-4H3,(H,26,32)(H,25,27,29)/t18-,19+/m0/s1. The molecule has 3 N–H and O–H groups in total. The molecule has 10 nitrogen and oxygen atoms in total. The summed E-state index contributed by atoms with van der Waals surface area (Å²) in [6.07, 6.45) is 3.63. The number of hydrogen-bond acceptors (Lipinski definition) is 9. The van der Waals surface area contributed by atoms with Gasteiger partial charge in [0.1, 0.15) is 11.4 Å². The lowest BCUT2D eigenvalue weighted by Crippen LogP contribution is -2.48. The highest BCUT2D eigenvalue weighted by atomic mass is 16.7. The van der Waals surface area contributed by atoms with Gasteiger partial charge in [0, 0.05) is 30.8 Å². The van der Waals surface area contributed by atoms with Gasteiger partial charge in [0.15, 0.2) is 6.79 Å². The molecule has 2 atom stereocenters. The number of piperidine rings is 1. The number of anilines is 1. The molecule has 10 heteroatoms. The average Bonchev–Trinajstić information content (AvgIpc) is 2.80. The van der Waals surface area contributed by atoms with Gasteiger partial charge in [-0.1, -0.05) is 6.07 Å². The summed E-state index contributed by atoms with van der Waals surface area (Å²) in [5.74, 6) is 1.07. The third-order valence-electron chi connectivity index (χ3n) is 5.65. The smallest absolute Gasteiger partial charge is 0.242 e. The van der Waals surface area contributed by atoms with Crippen LogP contribution >= 0.6 is 0 Å². The largest absolute Gasteiger partial charge is 0.467 e. The van der Waals surface area contributed by atoms with E-state index in [2.05, 4.69) is 36.8 Å². The van der Waals surface area contributed by atoms with Crippen LogP contribution in [0.3, 0.4) is 0 Å². The molecule has 34 heavy (non-hydrogen) atoms. The number of carbonyl (C=O) groups is 1. The number of likely N-dealkylation sites (tertiary alicyclic amines) is 1. The molecule has 0 aliphatic carbocycles. The zero-order valence-electron chi connectivity index (χ0n) is 20.5. The number of ether oxygens (including phenoxy) is 2. The number of hydrogen-bond donors (Lipinski definition) is 3. The van der Waals surface area contributed by atoms with Crippen molar-refractivity contribution in [3.05, 3.63) is 29.5 Å². The van der Waals surface area contributed by atoms with Gasteiger partial charge in [-0.2, -0.15) is 0 Å². The SMILES string of the molecule is CCOCOc1cc(C)cc(C)c1-c1cnc(N[C@@H]2CCCN(CC(=O)N[C@@H](C)CO)C2)nn1. The lowest BCUT2D eigenvalue weighted by molar-refractivity contribution is -0.123. The number of benzene rings is 1. The molecule has 0 unspecified atom stereocenters. The normalized spacial score (nSPS) is 17.3. The molecule has 0 radical (unpaired) electrons. The summed E-state index contributed by atoms with van der Waals surface area (Å²) in [5, 5.41) is 23.9. The van der Waals surface area contributed by atoms with Crippen LogP contribution in [0.4, 0.5) is 5.95 Å². The van der Waals surface area contributed by atoms with Crippen molar-refractivity contribution in [2.45, 2.75) is 52.6 Å². The molecule has 1 aliphatic heterocycles. The maximum absolute atomic E-state index is 12.1. The van der Waals surface area contributed by atoms with Gasteiger partial charge in [-0.25, -0.2) is 4.98 Å². The minimum Gasteiger partial charge on any atom is -0.467 e. The third-order valence-corrected chi connectivity index (χ3v) is 5.65. The quantitative estimate of drug-likeness (QED) is 0.332. The number of aliphatic hydroxyl groups excluding tert-OH is 1. The summed E-state index contributed by atoms with van der Waals surface area (Å²) in [6, 6.07) is 3.91. The summed E-state index contributed by atoms with van der Waals surface area (Å²) < 4.78 is 11.2. The van der Waals surface area contributed by atoms with E-state index in [0.717, 1.165) is 36.1 Å². The Morgan fingerprint density at radius 2 is 2.15 bits per heavy atom. The highest BCUT2D eigenvalue weighted by Crippen LogP contribution is 2.33. The Bertz CT molecular complexity index is 940. The Morgan fingerprint density at radius 3 is 2.85 bits per heavy atom. The van der Waals surface area contributed by atoms with Gasteiger partial charge in [0.25, 0.3) is 0 Å². The first-order valence-electron chi connectivity index (χ1n) is 11.8. The van der Waals surface area contributed by atoms with E-state index in [1.54, 1.807) is 13.1 Å². The van der Waals surface area contributed by atoms with Crippen molar-refractivity contribution in [3.63, 3.8) is 0 Å². The summed E-state index contributed by atoms with van der Waals surface area (Å²) in [4.78, 5) is 18.7. The third kappa shape index (κ3) is 7.34. The molecular weight excluding hydrogens is 436 g/mol. The monoisotopic (exact) mass is 472 g/mol. The van der Waals surface area contributed by atoms with E-state index in [9.17, 15) is 4.79 Å². The number of aromatic nitrogens is 3. The first-order chi connectivity index (χ1) is 16.4. The van der Waals surface area contributed by atoms with E-state index in [4.69, 9.17) is 14.6 Å². The first-order valence-corrected chi connectivity index (χ1v) is 11.8. The van der Waals surface area contributed by atoms with Gasteiger partial charge < -0.3 is 25.2 Å². The lowest BCUT2D eigenvalue weighted by Gasteiger charge is -2.32. The highest BCUT2D eigenvalue weighted by molar-refractivity contribution is 5.78. The molecule has 1 aromatic carbocycles. The van der Waals surface area contributed by atoms with Gasteiger partial charge in [-0.15, -0.1) is 10.2 Å². The minimum absolute atomic E-state index is 0.0709. The highest BCUT2D eigenvalue weighted by Gasteiger charge is 2.23. The second kappa shape index (κ2) is 12.6. The summed E-state index contributed by atoms with van der Waals surface area (Å²) in [6.45, 7) is 10.3. The zero-order chi connectivity index (χ0) is 24.5. The van der Waals surface area contributed by atoms with Crippen molar-refractivity contribution in [1.29, 1.82) is 0 Å². The molecule has 1 saturated heterocycles. The van der Waals surface area contributed by atoms with Crippen LogP contribution in [-0.4, -0.2) is 82.8 Å². The Morgan fingerprint density at radius 1 is 1.32 bits per heavy atom. The van der Waals surface area contributed by atoms with Crippen LogP contribution in [-0.2, 0) is 9.53 Å². The maximum Gasteiger partial charge on any atom is 0.242 e. The van der Waals surface area contributed by atoms with E-state index in [1.807, 2.05) is 26.8 Å². The van der Waals surface area contributed by atoms with E-state index in [-0.39, 0.29) is 31.4 Å². The second-order valence-corrected chi connectivity index (χ2v) is 8.75. The van der Waals surface area contributed by atoms with Crippen molar-refractivity contribution in [3.8, 4) is 17.0 Å². The van der Waals surface area contributed by atoms with Crippen LogP contribution in [0.2, 0.25) is 0 Å². The van der Waals surface area contributed by atoms with Crippen LogP contribution < -0.4 is 15.4 Å². The molecule has 2 heterocycles. The van der Waals surface area contributed by atoms with E-state index in [0.29, 0.717) is 37.1 Å². The first kappa shape index (κ1) is 25.8. The van der Waals surface area contributed by atoms with Crippen molar-refractivity contribution < 1.29 is 19.4 Å². The van der Waals surface area contributed by atoms with Crippen LogP contribution in [0, 0.1) is 13.8 Å². The van der Waals surface area contributed by atoms with E-state index in [1.165, 1.54) is 0 Å². The van der Waals surface area contributed by atoms with Gasteiger partial charge in [-0.3, -0.25) is 9.69 Å². The molecule has 0 bridgehead atoms. The van der Waals surface area contributed by atoms with Gasteiger partial charge >= 0.3 is 0 Å². The average molecular weight is 473 g/mol. The number of amides is 1. The molecule has 1 aliphatic rings. The Hall–Kier alpha value is -2.82. The number of nitrogens with one attached hydrogen (secondary N) is 2. The molecule has 1 fully saturated rings. The summed E-state index contributed by atoms with van der Waals surface area (Å²) in [7, 11) is 0. The van der Waals surface area contributed by atoms with Crippen LogP contribution in [0.15, 0.2) is 18.3 Å². The van der Waals surface area contributed by atoms with E-state index < -0.39 is 0 Å². The number of carbonyl (C=O) groups excluding carboxylic acids is 1. The fraction of sp³-hybridized carbons (Fsp3) is 0.583. The fourth-order valence-corrected chi connectivity index (χ4v) is 4.08. The summed E-state index contributed by atoms with van der Waals surface area (Å²) in [5.41, 5.74) is 3.60. The lowest BCUT2D eigenvalue weighted by atomic mass is 10.0. The van der Waals surface area contributed by atoms with Crippen molar-refractivity contribution in [2.24, 2.45) is 0 Å². The zero-order valence-corrected chi connectivity index (χ0v) is 20.5. The molecule has 186 valence electrons. The molecule has 1 amide bonds. The van der Waals surface area contributed by atoms with Gasteiger partial charge in [0.2, 0.25) is 11.9 Å². The van der Waals surface area contributed by atoms with Crippen molar-refractivity contribution >= 4 is 11.9 Å². The molecule has 1 aromatic heterocycles. The molecule has 2 aromatic rings. The number of nitrogens with zero attached hydrogens (tertiary/aromatic N) is 4. The number of aliphatic hydroxyl groups is 1. The Kier molecular flexibility index (Phi) is 9.55. The molecule has 0 saturated carbocycles. The molecular formula is C24H36N6O4. The van der Waals surface area contributed by atoms with Crippen LogP contribution in [0.1, 0.15) is 37.8 Å². The van der Waals surface area contributed by atoms with Crippen molar-refractivity contribution in [2.75, 3.05) is 45.0 Å². The Balaban J connectivity index is 1.63. The second-order valence-electron chi connectivity index (χ2n) is 8.75. The predicted octanol–water partition coefficient (Wildman–Crippen LogP) is 1.90. The van der Waals surface area contributed by atoms with Gasteiger partial charge in [-0.05, 0) is 64.3 Å². The topological polar surface area (TPSA) is 122 Å².